The molecule has 0 spiro atoms. The van der Waals surface area contributed by atoms with Gasteiger partial charge in [0, 0.05) is 0 Å². The fourth-order valence-corrected chi connectivity index (χ4v) is 1.42. The van der Waals surface area contributed by atoms with E-state index in [9.17, 15) is 0 Å². The molecule has 0 bridgehead atoms. The van der Waals surface area contributed by atoms with Gasteiger partial charge < -0.3 is 26.6 Å². The molecular weight excluding hydrogens is 328 g/mol. The van der Waals surface area contributed by atoms with Crippen LogP contribution in [0.2, 0.25) is 0 Å². The minimum atomic E-state index is 0.00694. The van der Waals surface area contributed by atoms with Gasteiger partial charge in [-0.2, -0.15) is 65.4 Å². The van der Waals surface area contributed by atoms with Crippen LogP contribution >= 0.6 is 20.2 Å². The van der Waals surface area contributed by atoms with E-state index in [-0.39, 0.29) is 13.1 Å². The van der Waals surface area contributed by atoms with Crippen LogP contribution < -0.4 is 0 Å². The van der Waals surface area contributed by atoms with Gasteiger partial charge >= 0.3 is 33.3 Å². The third-order valence-electron chi connectivity index (χ3n) is 2.30. The zero-order valence-corrected chi connectivity index (χ0v) is 13.8. The molecule has 1 aliphatic rings. The van der Waals surface area contributed by atoms with Crippen LogP contribution in [-0.2, 0) is 13.1 Å². The zero-order valence-electron chi connectivity index (χ0n) is 11.1. The van der Waals surface area contributed by atoms with E-state index in [1.807, 2.05) is 0 Å². The molecule has 117 valence electrons. The van der Waals surface area contributed by atoms with Crippen molar-refractivity contribution in [2.75, 3.05) is 65.4 Å². The van der Waals surface area contributed by atoms with E-state index in [1.165, 1.54) is 0 Å². The topological polar surface area (TPSA) is 70.5 Å². The second-order valence-corrected chi connectivity index (χ2v) is 5.71. The summed E-state index contributed by atoms with van der Waals surface area (Å²) in [4.78, 5) is 0. The van der Waals surface area contributed by atoms with Crippen molar-refractivity contribution >= 4 is 20.2 Å². The van der Waals surface area contributed by atoms with E-state index in [0.717, 1.165) is 71.9 Å². The van der Waals surface area contributed by atoms with E-state index in [4.69, 9.17) is 20.2 Å². The van der Waals surface area contributed by atoms with Gasteiger partial charge in [0.05, 0.1) is 0 Å². The molecule has 1 heterocycles. The Morgan fingerprint density at radius 3 is 0.947 bits per heavy atom. The number of nitrogens with zero attached hydrogens (tertiary/aromatic N) is 5. The van der Waals surface area contributed by atoms with Gasteiger partial charge in [-0.3, -0.25) is 0 Å². The second-order valence-electron chi connectivity index (χ2n) is 3.76. The first-order valence-electron chi connectivity index (χ1n) is 6.45. The fraction of sp³-hybridized carbons (Fsp3) is 1.00. The summed E-state index contributed by atoms with van der Waals surface area (Å²) in [6.45, 7) is 8.58. The van der Waals surface area contributed by atoms with E-state index in [2.05, 4.69) is 26.6 Å². The summed E-state index contributed by atoms with van der Waals surface area (Å²) in [5.74, 6) is 0. The van der Waals surface area contributed by atoms with Crippen LogP contribution in [0.4, 0.5) is 0 Å². The average Bonchev–Trinajstić information content (AvgIpc) is 2.40. The molecule has 0 aromatic heterocycles. The Bertz CT molecular complexity index is 104. The molecule has 1 saturated heterocycles. The van der Waals surface area contributed by atoms with Gasteiger partial charge in [0.1, 0.15) is 0 Å². The average molecular weight is 350 g/mol. The van der Waals surface area contributed by atoms with Gasteiger partial charge in [0.15, 0.2) is 0 Å². The normalized spacial score (nSPS) is 21.2. The summed E-state index contributed by atoms with van der Waals surface area (Å²) in [7, 11) is 9.59. The molecule has 0 aliphatic carbocycles. The SMILES string of the molecule is C1C[N-]CC[N-]CC[N-]CC[N-]CC[N-]C1.[Cl][Mn][Cl]. The van der Waals surface area contributed by atoms with Gasteiger partial charge in [-0.05, 0) is 0 Å². The van der Waals surface area contributed by atoms with Gasteiger partial charge in [-0.15, -0.1) is 0 Å². The van der Waals surface area contributed by atoms with Gasteiger partial charge in [-0.1, -0.05) is 6.42 Å². The quantitative estimate of drug-likeness (QED) is 0.599. The Kier molecular flexibility index (Phi) is 19.8. The van der Waals surface area contributed by atoms with Gasteiger partial charge in [-0.25, -0.2) is 0 Å². The molecule has 1 aliphatic heterocycles. The van der Waals surface area contributed by atoms with Crippen molar-refractivity contribution < 1.29 is 13.1 Å². The van der Waals surface area contributed by atoms with Crippen molar-refractivity contribution in [3.63, 3.8) is 0 Å². The van der Waals surface area contributed by atoms with Crippen LogP contribution in [0.25, 0.3) is 26.6 Å². The standard InChI is InChI=1S/C11H22N5.2ClH.Mn/c1-2-12-4-6-14-8-10-16-11-9-15-7-5-13-3-1;;;/h1-11H2;2*1H;/q-5;;;+2/p-2. The Morgan fingerprint density at radius 2 is 0.684 bits per heavy atom. The van der Waals surface area contributed by atoms with Crippen molar-refractivity contribution in [1.82, 2.24) is 0 Å². The van der Waals surface area contributed by atoms with E-state index < -0.39 is 0 Å². The van der Waals surface area contributed by atoms with E-state index in [0.29, 0.717) is 0 Å². The van der Waals surface area contributed by atoms with Crippen molar-refractivity contribution in [2.24, 2.45) is 0 Å². The maximum atomic E-state index is 4.80. The molecule has 1 rings (SSSR count). The minimum absolute atomic E-state index is 0.00694. The molecule has 0 N–H and O–H groups in total. The molecule has 8 heteroatoms. The molecule has 0 saturated carbocycles. The van der Waals surface area contributed by atoms with Gasteiger partial charge in [0.2, 0.25) is 0 Å². The molecule has 0 aromatic carbocycles. The number of hydrogen-bond acceptors (Lipinski definition) is 0. The van der Waals surface area contributed by atoms with Crippen molar-refractivity contribution in [2.45, 2.75) is 6.42 Å². The molecule has 0 radical (unpaired) electrons. The Balaban J connectivity index is 0.000000982. The third kappa shape index (κ3) is 18.9. The van der Waals surface area contributed by atoms with Crippen LogP contribution in [0.3, 0.4) is 0 Å². The van der Waals surface area contributed by atoms with Crippen LogP contribution in [0.15, 0.2) is 0 Å². The summed E-state index contributed by atoms with van der Waals surface area (Å²) in [5.41, 5.74) is 0. The Morgan fingerprint density at radius 1 is 0.474 bits per heavy atom. The first-order chi connectivity index (χ1) is 9.41. The van der Waals surface area contributed by atoms with Crippen LogP contribution in [0, 0.1) is 0 Å². The van der Waals surface area contributed by atoms with Crippen molar-refractivity contribution in [1.29, 1.82) is 0 Å². The number of hydrogen-bond donors (Lipinski definition) is 0. The molecule has 0 atom stereocenters. The van der Waals surface area contributed by atoms with Gasteiger partial charge in [0.25, 0.3) is 0 Å². The molecule has 5 nitrogen and oxygen atoms in total. The van der Waals surface area contributed by atoms with Crippen molar-refractivity contribution in [3.8, 4) is 0 Å². The molecule has 19 heavy (non-hydrogen) atoms. The van der Waals surface area contributed by atoms with E-state index >= 15 is 0 Å². The Labute approximate surface area is 131 Å². The first kappa shape index (κ1) is 19.9. The summed E-state index contributed by atoms with van der Waals surface area (Å²) < 4.78 is 0. The first-order valence-corrected chi connectivity index (χ1v) is 9.70. The molecule has 1 fully saturated rings. The second kappa shape index (κ2) is 18.9. The predicted molar refractivity (Wildman–Crippen MR) is 81.8 cm³/mol. The Hall–Kier alpha value is 0.899. The maximum absolute atomic E-state index is 4.80. The third-order valence-corrected chi connectivity index (χ3v) is 2.30. The zero-order chi connectivity index (χ0) is 14.0. The van der Waals surface area contributed by atoms with Crippen molar-refractivity contribution in [3.05, 3.63) is 26.6 Å². The fourth-order valence-electron chi connectivity index (χ4n) is 1.42. The predicted octanol–water partition coefficient (Wildman–Crippen LogP) is 3.64. The number of halogens is 2. The van der Waals surface area contributed by atoms with Crippen LogP contribution in [0.5, 0.6) is 0 Å². The van der Waals surface area contributed by atoms with E-state index in [1.54, 1.807) is 0 Å². The molecular formula is C11H22Cl2MnN5-5. The van der Waals surface area contributed by atoms with Crippen LogP contribution in [0.1, 0.15) is 6.42 Å². The monoisotopic (exact) mass is 349 g/mol. The summed E-state index contributed by atoms with van der Waals surface area (Å²) in [5, 5.41) is 21.9. The summed E-state index contributed by atoms with van der Waals surface area (Å²) in [6.07, 6.45) is 1.06. The molecule has 0 aromatic rings. The molecule has 0 amide bonds. The van der Waals surface area contributed by atoms with Crippen LogP contribution in [-0.4, -0.2) is 65.4 Å². The molecule has 0 unspecified atom stereocenters. The summed E-state index contributed by atoms with van der Waals surface area (Å²) >= 11 is 0.00694. The number of rotatable bonds is 0. The summed E-state index contributed by atoms with van der Waals surface area (Å²) in [6, 6.07) is 0.